The third-order valence-electron chi connectivity index (χ3n) is 6.57. The van der Waals surface area contributed by atoms with E-state index in [0.29, 0.717) is 12.2 Å². The van der Waals surface area contributed by atoms with E-state index in [-0.39, 0.29) is 17.9 Å². The first-order chi connectivity index (χ1) is 15.9. The minimum atomic E-state index is -1.07. The molecule has 2 aromatic heterocycles. The number of carbonyl (C=O) groups is 2. The van der Waals surface area contributed by atoms with Crippen molar-refractivity contribution in [3.63, 3.8) is 0 Å². The highest BCUT2D eigenvalue weighted by atomic mass is 79.9. The molecule has 33 heavy (non-hydrogen) atoms. The molecule has 4 aromatic rings. The summed E-state index contributed by atoms with van der Waals surface area (Å²) in [5.74, 6) is -1.15. The number of halogens is 1. The maximum atomic E-state index is 12.6. The Balaban J connectivity index is 1.46. The molecule has 2 heterocycles. The zero-order valence-electron chi connectivity index (χ0n) is 17.8. The van der Waals surface area contributed by atoms with Gasteiger partial charge in [-0.25, -0.2) is 4.68 Å². The SMILES string of the molecule is Cc1ccc2[nH]c3c(Br)c2c1-c1cccc-3c1-c1nnnn1C1CC1C(=O)N[C@@H](C)C(=O)O. The van der Waals surface area contributed by atoms with Crippen molar-refractivity contribution in [3.05, 3.63) is 40.4 Å². The zero-order valence-corrected chi connectivity index (χ0v) is 19.3. The molecule has 166 valence electrons. The van der Waals surface area contributed by atoms with Gasteiger partial charge in [-0.1, -0.05) is 24.3 Å². The molecule has 3 atom stereocenters. The van der Waals surface area contributed by atoms with Crippen molar-refractivity contribution >= 4 is 38.7 Å². The summed E-state index contributed by atoms with van der Waals surface area (Å²) in [5.41, 5.74) is 7.19. The van der Waals surface area contributed by atoms with Crippen molar-refractivity contribution in [1.82, 2.24) is 30.5 Å². The summed E-state index contributed by atoms with van der Waals surface area (Å²) in [6, 6.07) is 9.15. The monoisotopic (exact) mass is 506 g/mol. The second-order valence-electron chi connectivity index (χ2n) is 8.65. The lowest BCUT2D eigenvalue weighted by atomic mass is 9.91. The van der Waals surface area contributed by atoms with E-state index in [9.17, 15) is 9.59 Å². The summed E-state index contributed by atoms with van der Waals surface area (Å²) in [5, 5.41) is 25.3. The summed E-state index contributed by atoms with van der Waals surface area (Å²) in [6.07, 6.45) is 0.554. The molecule has 2 aliphatic carbocycles. The van der Waals surface area contributed by atoms with E-state index in [2.05, 4.69) is 66.9 Å². The van der Waals surface area contributed by atoms with E-state index in [4.69, 9.17) is 5.11 Å². The number of amides is 1. The van der Waals surface area contributed by atoms with E-state index in [1.807, 2.05) is 12.1 Å². The number of H-pyrrole nitrogens is 1. The Morgan fingerprint density at radius 3 is 2.82 bits per heavy atom. The van der Waals surface area contributed by atoms with E-state index in [0.717, 1.165) is 48.9 Å². The quantitative estimate of drug-likeness (QED) is 0.333. The Morgan fingerprint density at radius 2 is 2.03 bits per heavy atom. The van der Waals surface area contributed by atoms with Crippen LogP contribution >= 0.6 is 15.9 Å². The van der Waals surface area contributed by atoms with Crippen LogP contribution < -0.4 is 5.32 Å². The lowest BCUT2D eigenvalue weighted by Crippen LogP contribution is -2.39. The summed E-state index contributed by atoms with van der Waals surface area (Å²) in [4.78, 5) is 27.2. The average molecular weight is 507 g/mol. The Bertz CT molecular complexity index is 1490. The number of aromatic nitrogens is 5. The molecule has 0 aliphatic heterocycles. The number of hydrogen-bond donors (Lipinski definition) is 3. The number of fused-ring (bicyclic) bond motifs is 5. The van der Waals surface area contributed by atoms with Gasteiger partial charge in [-0.05, 0) is 69.4 Å². The Kier molecular flexibility index (Phi) is 4.25. The van der Waals surface area contributed by atoms with Gasteiger partial charge in [0.15, 0.2) is 5.82 Å². The lowest BCUT2D eigenvalue weighted by Gasteiger charge is -2.16. The molecule has 6 rings (SSSR count). The number of aryl methyl sites for hydroxylation is 1. The Hall–Kier alpha value is -3.53. The summed E-state index contributed by atoms with van der Waals surface area (Å²) >= 11 is 3.80. The fourth-order valence-electron chi connectivity index (χ4n) is 4.79. The van der Waals surface area contributed by atoms with E-state index < -0.39 is 12.0 Å². The van der Waals surface area contributed by atoms with Gasteiger partial charge in [0.05, 0.1) is 22.1 Å². The standard InChI is InChI=1S/C23H19BrN6O3/c1-9-6-7-14-18-16(9)11-4-3-5-12(20(26-14)19(18)24)17(11)21-27-28-29-30(21)15-8-13(15)22(31)25-10(2)23(32)33/h3-7,10,13,15,26H,8H2,1-2H3,(H,25,31)(H,32,33)/t10-,13?,15?/m0/s1. The van der Waals surface area contributed by atoms with Crippen molar-refractivity contribution in [2.24, 2.45) is 5.92 Å². The number of benzene rings is 2. The molecule has 2 aliphatic rings. The fourth-order valence-corrected chi connectivity index (χ4v) is 5.52. The Morgan fingerprint density at radius 1 is 1.24 bits per heavy atom. The highest BCUT2D eigenvalue weighted by Crippen LogP contribution is 2.52. The summed E-state index contributed by atoms with van der Waals surface area (Å²) in [6.45, 7) is 3.53. The van der Waals surface area contributed by atoms with Crippen molar-refractivity contribution in [1.29, 1.82) is 0 Å². The second-order valence-corrected chi connectivity index (χ2v) is 9.44. The number of hydrogen-bond acceptors (Lipinski definition) is 5. The van der Waals surface area contributed by atoms with E-state index in [1.165, 1.54) is 6.92 Å². The zero-order chi connectivity index (χ0) is 23.0. The maximum Gasteiger partial charge on any atom is 0.325 e. The molecule has 4 bridgehead atoms. The van der Waals surface area contributed by atoms with Crippen LogP contribution in [0.2, 0.25) is 0 Å². The number of carboxylic acids is 1. The third-order valence-corrected chi connectivity index (χ3v) is 7.36. The van der Waals surface area contributed by atoms with Gasteiger partial charge in [-0.3, -0.25) is 9.59 Å². The van der Waals surface area contributed by atoms with Gasteiger partial charge in [0.25, 0.3) is 0 Å². The van der Waals surface area contributed by atoms with Gasteiger partial charge in [0, 0.05) is 22.0 Å². The number of nitrogens with zero attached hydrogens (tertiary/aromatic N) is 4. The van der Waals surface area contributed by atoms with Crippen LogP contribution in [0.1, 0.15) is 24.9 Å². The molecule has 0 spiro atoms. The number of aromatic amines is 1. The van der Waals surface area contributed by atoms with Crippen LogP contribution in [0.15, 0.2) is 34.8 Å². The number of rotatable bonds is 5. The van der Waals surface area contributed by atoms with Crippen molar-refractivity contribution in [2.45, 2.75) is 32.4 Å². The predicted molar refractivity (Wildman–Crippen MR) is 124 cm³/mol. The average Bonchev–Trinajstić information content (AvgIpc) is 3.33. The predicted octanol–water partition coefficient (Wildman–Crippen LogP) is 3.69. The van der Waals surface area contributed by atoms with E-state index in [1.54, 1.807) is 4.68 Å². The van der Waals surface area contributed by atoms with E-state index >= 15 is 0 Å². The molecular weight excluding hydrogens is 488 g/mol. The van der Waals surface area contributed by atoms with Gasteiger partial charge in [0.1, 0.15) is 6.04 Å². The second kappa shape index (κ2) is 6.98. The lowest BCUT2D eigenvalue weighted by molar-refractivity contribution is -0.141. The molecule has 0 saturated heterocycles. The van der Waals surface area contributed by atoms with Crippen LogP contribution in [0.5, 0.6) is 0 Å². The fraction of sp³-hybridized carbons (Fsp3) is 0.261. The minimum absolute atomic E-state index is 0.226. The van der Waals surface area contributed by atoms with Gasteiger partial charge < -0.3 is 15.4 Å². The maximum absolute atomic E-state index is 12.6. The molecule has 10 heteroatoms. The highest BCUT2D eigenvalue weighted by Gasteiger charge is 2.47. The molecule has 2 unspecified atom stereocenters. The van der Waals surface area contributed by atoms with Crippen LogP contribution in [-0.4, -0.2) is 48.2 Å². The molecule has 1 fully saturated rings. The van der Waals surface area contributed by atoms with Crippen LogP contribution in [-0.2, 0) is 9.59 Å². The van der Waals surface area contributed by atoms with Gasteiger partial charge in [-0.15, -0.1) is 5.10 Å². The van der Waals surface area contributed by atoms with Crippen LogP contribution in [0, 0.1) is 12.8 Å². The molecular formula is C23H19BrN6O3. The largest absolute Gasteiger partial charge is 0.480 e. The molecule has 9 nitrogen and oxygen atoms in total. The molecule has 2 aromatic carbocycles. The van der Waals surface area contributed by atoms with Gasteiger partial charge >= 0.3 is 5.97 Å². The summed E-state index contributed by atoms with van der Waals surface area (Å²) < 4.78 is 2.71. The normalized spacial score (nSPS) is 18.9. The van der Waals surface area contributed by atoms with Gasteiger partial charge in [0.2, 0.25) is 5.91 Å². The Labute approximate surface area is 196 Å². The van der Waals surface area contributed by atoms with Crippen LogP contribution in [0.4, 0.5) is 0 Å². The van der Waals surface area contributed by atoms with Crippen molar-refractivity contribution in [3.8, 4) is 33.8 Å². The third kappa shape index (κ3) is 2.86. The van der Waals surface area contributed by atoms with Gasteiger partial charge in [-0.2, -0.15) is 0 Å². The number of carbonyl (C=O) groups excluding carboxylic acids is 1. The minimum Gasteiger partial charge on any atom is -0.480 e. The number of tetrazole rings is 1. The van der Waals surface area contributed by atoms with Crippen LogP contribution in [0.25, 0.3) is 44.7 Å². The number of nitrogens with one attached hydrogen (secondary N) is 2. The first-order valence-corrected chi connectivity index (χ1v) is 11.4. The van der Waals surface area contributed by atoms with Crippen molar-refractivity contribution in [2.75, 3.05) is 0 Å². The first kappa shape index (κ1) is 20.1. The highest BCUT2D eigenvalue weighted by molar-refractivity contribution is 9.10. The molecule has 1 amide bonds. The number of carboxylic acid groups (broad SMARTS) is 1. The number of aliphatic carboxylic acids is 1. The smallest absolute Gasteiger partial charge is 0.325 e. The van der Waals surface area contributed by atoms with Crippen LogP contribution in [0.3, 0.4) is 0 Å². The molecule has 1 saturated carbocycles. The molecule has 0 radical (unpaired) electrons. The molecule has 3 N–H and O–H groups in total. The topological polar surface area (TPSA) is 126 Å². The van der Waals surface area contributed by atoms with Crippen molar-refractivity contribution < 1.29 is 14.7 Å². The first-order valence-electron chi connectivity index (χ1n) is 10.6. The summed E-state index contributed by atoms with van der Waals surface area (Å²) in [7, 11) is 0.